The Hall–Kier alpha value is -1.06. The van der Waals surface area contributed by atoms with E-state index in [-0.39, 0.29) is 6.17 Å². The number of hydrogen-bond donors (Lipinski definition) is 3. The molecule has 0 radical (unpaired) electrons. The van der Waals surface area contributed by atoms with Crippen LogP contribution in [0.4, 0.5) is 0 Å². The molecule has 0 aromatic heterocycles. The molecule has 0 spiro atoms. The Morgan fingerprint density at radius 2 is 2.33 bits per heavy atom. The van der Waals surface area contributed by atoms with Crippen LogP contribution in [0.1, 0.15) is 17.3 Å². The highest BCUT2D eigenvalue weighted by molar-refractivity contribution is 5.42. The van der Waals surface area contributed by atoms with Crippen molar-refractivity contribution in [3.05, 3.63) is 29.3 Å². The molecule has 3 nitrogen and oxygen atoms in total. The Kier molecular flexibility index (Phi) is 1.75. The van der Waals surface area contributed by atoms with Crippen molar-refractivity contribution in [2.45, 2.75) is 12.6 Å². The minimum atomic E-state index is -0.213. The molecular weight excluding hydrogens is 152 g/mol. The molecule has 3 heteroatoms. The average molecular weight is 164 g/mol. The third kappa shape index (κ3) is 1.07. The largest absolute Gasteiger partial charge is 0.508 e. The zero-order valence-corrected chi connectivity index (χ0v) is 6.75. The van der Waals surface area contributed by atoms with E-state index < -0.39 is 0 Å². The minimum absolute atomic E-state index is 0.213. The molecule has 12 heavy (non-hydrogen) atoms. The summed E-state index contributed by atoms with van der Waals surface area (Å²) in [6, 6.07) is 5.54. The molecule has 2 rings (SSSR count). The monoisotopic (exact) mass is 164 g/mol. The van der Waals surface area contributed by atoms with E-state index in [1.54, 1.807) is 6.07 Å². The van der Waals surface area contributed by atoms with Crippen LogP contribution in [0.5, 0.6) is 5.75 Å². The van der Waals surface area contributed by atoms with E-state index in [0.717, 1.165) is 24.1 Å². The molecular formula is C9H12N2O. The van der Waals surface area contributed by atoms with Gasteiger partial charge in [0.1, 0.15) is 5.75 Å². The van der Waals surface area contributed by atoms with E-state index in [1.807, 2.05) is 12.1 Å². The van der Waals surface area contributed by atoms with E-state index in [2.05, 4.69) is 5.32 Å². The van der Waals surface area contributed by atoms with E-state index in [9.17, 15) is 5.11 Å². The smallest absolute Gasteiger partial charge is 0.121 e. The number of phenols is 1. The van der Waals surface area contributed by atoms with Gasteiger partial charge in [-0.05, 0) is 18.1 Å². The number of aromatic hydroxyl groups is 1. The molecule has 1 aliphatic rings. The van der Waals surface area contributed by atoms with Gasteiger partial charge in [0.25, 0.3) is 0 Å². The summed E-state index contributed by atoms with van der Waals surface area (Å²) in [5, 5.41) is 12.6. The highest BCUT2D eigenvalue weighted by atomic mass is 16.3. The lowest BCUT2D eigenvalue weighted by Gasteiger charge is -2.24. The van der Waals surface area contributed by atoms with Crippen molar-refractivity contribution in [1.29, 1.82) is 0 Å². The molecule has 1 heterocycles. The van der Waals surface area contributed by atoms with Gasteiger partial charge in [0.05, 0.1) is 6.17 Å². The molecule has 1 aromatic carbocycles. The van der Waals surface area contributed by atoms with Crippen LogP contribution in [-0.2, 0) is 6.42 Å². The maximum Gasteiger partial charge on any atom is 0.121 e. The molecule has 0 bridgehead atoms. The number of phenolic OH excluding ortho intramolecular Hbond substituents is 1. The number of rotatable bonds is 0. The molecule has 1 unspecified atom stereocenters. The summed E-state index contributed by atoms with van der Waals surface area (Å²) in [6.07, 6.45) is 0.729. The van der Waals surface area contributed by atoms with Crippen LogP contribution in [0, 0.1) is 0 Å². The maximum atomic E-state index is 9.51. The summed E-state index contributed by atoms with van der Waals surface area (Å²) in [4.78, 5) is 0. The van der Waals surface area contributed by atoms with Crippen molar-refractivity contribution < 1.29 is 5.11 Å². The van der Waals surface area contributed by atoms with Gasteiger partial charge in [0, 0.05) is 12.1 Å². The fourth-order valence-corrected chi connectivity index (χ4v) is 1.64. The quantitative estimate of drug-likeness (QED) is 0.523. The van der Waals surface area contributed by atoms with E-state index in [1.165, 1.54) is 0 Å². The van der Waals surface area contributed by atoms with Crippen molar-refractivity contribution in [3.63, 3.8) is 0 Å². The predicted octanol–water partition coefficient (Wildman–Crippen LogP) is 0.495. The summed E-state index contributed by atoms with van der Waals surface area (Å²) in [6.45, 7) is 0.887. The highest BCUT2D eigenvalue weighted by Gasteiger charge is 2.18. The van der Waals surface area contributed by atoms with Gasteiger partial charge in [0.2, 0.25) is 0 Å². The zero-order chi connectivity index (χ0) is 8.55. The van der Waals surface area contributed by atoms with Gasteiger partial charge in [-0.15, -0.1) is 0 Å². The van der Waals surface area contributed by atoms with Crippen molar-refractivity contribution >= 4 is 0 Å². The summed E-state index contributed by atoms with van der Waals surface area (Å²) >= 11 is 0. The van der Waals surface area contributed by atoms with Crippen LogP contribution in [0.15, 0.2) is 18.2 Å². The van der Waals surface area contributed by atoms with E-state index >= 15 is 0 Å². The van der Waals surface area contributed by atoms with Crippen molar-refractivity contribution in [3.8, 4) is 5.75 Å². The van der Waals surface area contributed by atoms with Crippen LogP contribution < -0.4 is 11.1 Å². The number of fused-ring (bicyclic) bond motifs is 1. The second-order valence-electron chi connectivity index (χ2n) is 3.03. The lowest BCUT2D eigenvalue weighted by atomic mass is 9.98. The number of hydrogen-bond acceptors (Lipinski definition) is 3. The Labute approximate surface area is 71.2 Å². The fraction of sp³-hybridized carbons (Fsp3) is 0.333. The molecule has 0 saturated carbocycles. The van der Waals surface area contributed by atoms with Crippen molar-refractivity contribution in [2.75, 3.05) is 6.54 Å². The predicted molar refractivity (Wildman–Crippen MR) is 46.7 cm³/mol. The third-order valence-corrected chi connectivity index (χ3v) is 2.24. The van der Waals surface area contributed by atoms with Crippen LogP contribution in [0.2, 0.25) is 0 Å². The molecule has 1 aliphatic heterocycles. The molecule has 0 aliphatic carbocycles. The zero-order valence-electron chi connectivity index (χ0n) is 6.75. The van der Waals surface area contributed by atoms with Gasteiger partial charge in [-0.25, -0.2) is 0 Å². The van der Waals surface area contributed by atoms with Crippen LogP contribution in [0.25, 0.3) is 0 Å². The van der Waals surface area contributed by atoms with Crippen molar-refractivity contribution in [2.24, 2.45) is 5.73 Å². The number of nitrogens with one attached hydrogen (secondary N) is 1. The molecule has 1 aromatic rings. The maximum absolute atomic E-state index is 9.51. The summed E-state index contributed by atoms with van der Waals surface area (Å²) in [5.74, 6) is 0.298. The number of benzene rings is 1. The van der Waals surface area contributed by atoms with Gasteiger partial charge in [-0.3, -0.25) is 5.32 Å². The Morgan fingerprint density at radius 3 is 3.08 bits per heavy atom. The first kappa shape index (κ1) is 7.58. The van der Waals surface area contributed by atoms with Gasteiger partial charge in [-0.2, -0.15) is 0 Å². The first-order valence-electron chi connectivity index (χ1n) is 4.09. The fourth-order valence-electron chi connectivity index (χ4n) is 1.64. The summed E-state index contributed by atoms with van der Waals surface area (Å²) < 4.78 is 0. The standard InChI is InChI=1S/C9H12N2O/c10-9-8-6(4-5-11-9)2-1-3-7(8)12/h1-3,9,11-12H,4-5,10H2. The molecule has 0 saturated heterocycles. The molecule has 1 atom stereocenters. The first-order chi connectivity index (χ1) is 5.79. The second kappa shape index (κ2) is 2.77. The minimum Gasteiger partial charge on any atom is -0.508 e. The van der Waals surface area contributed by atoms with Gasteiger partial charge >= 0.3 is 0 Å². The second-order valence-corrected chi connectivity index (χ2v) is 3.03. The lowest BCUT2D eigenvalue weighted by molar-refractivity contribution is 0.437. The first-order valence-corrected chi connectivity index (χ1v) is 4.09. The van der Waals surface area contributed by atoms with Gasteiger partial charge < -0.3 is 10.8 Å². The molecule has 4 N–H and O–H groups in total. The lowest BCUT2D eigenvalue weighted by Crippen LogP contribution is -2.35. The van der Waals surface area contributed by atoms with E-state index in [0.29, 0.717) is 5.75 Å². The highest BCUT2D eigenvalue weighted by Crippen LogP contribution is 2.27. The Balaban J connectivity index is 2.53. The SMILES string of the molecule is NC1NCCc2cccc(O)c21. The van der Waals surface area contributed by atoms with Crippen molar-refractivity contribution in [1.82, 2.24) is 5.32 Å². The Morgan fingerprint density at radius 1 is 1.50 bits per heavy atom. The number of nitrogens with two attached hydrogens (primary N) is 1. The van der Waals surface area contributed by atoms with Crippen LogP contribution in [-0.4, -0.2) is 11.7 Å². The molecule has 0 fully saturated rings. The van der Waals surface area contributed by atoms with Gasteiger partial charge in [0.15, 0.2) is 0 Å². The normalized spacial score (nSPS) is 21.9. The molecule has 64 valence electrons. The average Bonchev–Trinajstić information content (AvgIpc) is 2.04. The summed E-state index contributed by atoms with van der Waals surface area (Å²) in [5.41, 5.74) is 7.78. The topological polar surface area (TPSA) is 58.3 Å². The van der Waals surface area contributed by atoms with Crippen LogP contribution >= 0.6 is 0 Å². The van der Waals surface area contributed by atoms with Crippen LogP contribution in [0.3, 0.4) is 0 Å². The molecule has 0 amide bonds. The van der Waals surface area contributed by atoms with Gasteiger partial charge in [-0.1, -0.05) is 12.1 Å². The summed E-state index contributed by atoms with van der Waals surface area (Å²) in [7, 11) is 0. The third-order valence-electron chi connectivity index (χ3n) is 2.24. The Bertz CT molecular complexity index is 299. The van der Waals surface area contributed by atoms with E-state index in [4.69, 9.17) is 5.73 Å².